The number of pyridine rings is 1. The Hall–Kier alpha value is -3.85. The van der Waals surface area contributed by atoms with Crippen LogP contribution >= 0.6 is 0 Å². The van der Waals surface area contributed by atoms with Crippen LogP contribution in [0.1, 0.15) is 39.0 Å². The van der Waals surface area contributed by atoms with Crippen molar-refractivity contribution in [2.75, 3.05) is 50.5 Å². The number of benzene rings is 2. The fraction of sp³-hybridized carbons (Fsp3) is 0.400. The number of halogens is 6. The molecule has 2 aromatic carbocycles. The second-order valence-corrected chi connectivity index (χ2v) is 13.0. The molecule has 1 fully saturated rings. The lowest BCUT2D eigenvalue weighted by Gasteiger charge is -2.35. The Morgan fingerprint density at radius 2 is 1.49 bits per heavy atom. The molecule has 2 aliphatic heterocycles. The maximum atomic E-state index is 14.2. The Labute approximate surface area is 256 Å². The number of anilines is 1. The molecule has 0 N–H and O–H groups in total. The highest BCUT2D eigenvalue weighted by atomic mass is 32.2. The van der Waals surface area contributed by atoms with Crippen molar-refractivity contribution in [1.82, 2.24) is 14.2 Å². The van der Waals surface area contributed by atoms with Gasteiger partial charge in [0.15, 0.2) is 0 Å². The predicted molar refractivity (Wildman–Crippen MR) is 154 cm³/mol. The molecule has 0 atom stereocenters. The van der Waals surface area contributed by atoms with Crippen LogP contribution in [0.3, 0.4) is 0 Å². The number of hydrogen-bond acceptors (Lipinski definition) is 6. The Morgan fingerprint density at radius 1 is 0.867 bits per heavy atom. The molecule has 0 saturated carbocycles. The fourth-order valence-corrected chi connectivity index (χ4v) is 6.31. The number of carbonyl (C=O) groups is 1. The van der Waals surface area contributed by atoms with Crippen LogP contribution in [0.4, 0.5) is 32.2 Å². The molecule has 0 unspecified atom stereocenters. The summed E-state index contributed by atoms with van der Waals surface area (Å²) < 4.78 is 113. The van der Waals surface area contributed by atoms with E-state index < -0.39 is 46.0 Å². The fourth-order valence-electron chi connectivity index (χ4n) is 5.48. The first-order valence-corrected chi connectivity index (χ1v) is 15.9. The van der Waals surface area contributed by atoms with E-state index in [2.05, 4.69) is 4.98 Å². The summed E-state index contributed by atoms with van der Waals surface area (Å²) in [6, 6.07) is 10.2. The molecule has 0 spiro atoms. The van der Waals surface area contributed by atoms with E-state index in [4.69, 9.17) is 4.74 Å². The van der Waals surface area contributed by atoms with Crippen molar-refractivity contribution >= 4 is 21.7 Å². The number of alkyl halides is 6. The molecule has 8 nitrogen and oxygen atoms in total. The van der Waals surface area contributed by atoms with Crippen LogP contribution in [0.5, 0.6) is 5.88 Å². The van der Waals surface area contributed by atoms with Gasteiger partial charge in [0.05, 0.1) is 24.0 Å². The van der Waals surface area contributed by atoms with Gasteiger partial charge in [-0.1, -0.05) is 24.3 Å². The Morgan fingerprint density at radius 3 is 2.07 bits per heavy atom. The second kappa shape index (κ2) is 12.2. The molecule has 242 valence electrons. The van der Waals surface area contributed by atoms with E-state index in [1.165, 1.54) is 9.21 Å². The minimum Gasteiger partial charge on any atom is -0.477 e. The minimum absolute atomic E-state index is 0.0122. The topological polar surface area (TPSA) is 83.1 Å². The van der Waals surface area contributed by atoms with E-state index in [9.17, 15) is 39.6 Å². The number of rotatable bonds is 5. The molecule has 45 heavy (non-hydrogen) atoms. The van der Waals surface area contributed by atoms with Gasteiger partial charge in [-0.05, 0) is 54.3 Å². The number of sulfonamides is 1. The second-order valence-electron chi connectivity index (χ2n) is 11.0. The van der Waals surface area contributed by atoms with Crippen LogP contribution < -0.4 is 9.64 Å². The molecule has 2 aliphatic rings. The van der Waals surface area contributed by atoms with Crippen LogP contribution in [-0.4, -0.2) is 74.1 Å². The molecule has 1 saturated heterocycles. The normalized spacial score (nSPS) is 17.0. The third kappa shape index (κ3) is 7.19. The molecule has 3 aromatic rings. The van der Waals surface area contributed by atoms with E-state index in [0.717, 1.165) is 11.8 Å². The van der Waals surface area contributed by atoms with Gasteiger partial charge in [-0.2, -0.15) is 35.6 Å². The molecular weight excluding hydrogens is 626 g/mol. The summed E-state index contributed by atoms with van der Waals surface area (Å²) in [6.07, 6.45) is -8.67. The quantitative estimate of drug-likeness (QED) is 0.333. The number of carbonyl (C=O) groups excluding carboxylic acids is 1. The number of aromatic nitrogens is 1. The molecule has 0 bridgehead atoms. The highest BCUT2D eigenvalue weighted by molar-refractivity contribution is 7.88. The van der Waals surface area contributed by atoms with Crippen molar-refractivity contribution in [3.63, 3.8) is 0 Å². The maximum Gasteiger partial charge on any atom is 0.416 e. The van der Waals surface area contributed by atoms with Gasteiger partial charge >= 0.3 is 12.4 Å². The molecule has 5 rings (SSSR count). The van der Waals surface area contributed by atoms with Crippen LogP contribution in [-0.2, 0) is 28.9 Å². The van der Waals surface area contributed by atoms with Gasteiger partial charge in [-0.3, -0.25) is 4.79 Å². The standard InChI is InChI=1S/C30H30F6N4O4S/c1-19-6-3-4-7-23(19)24-17-25(38-9-11-40(12-10-38)45(2,42)43)37-27-26(24)28(41)39(8-5-13-44-27)18-20-14-21(29(31,32)33)16-22(15-20)30(34,35)36/h3-4,6-7,14-17H,5,8-13,18H2,1-2H3. The van der Waals surface area contributed by atoms with Crippen molar-refractivity contribution < 1.29 is 44.3 Å². The van der Waals surface area contributed by atoms with Crippen LogP contribution in [0, 0.1) is 6.92 Å². The first kappa shape index (κ1) is 32.5. The van der Waals surface area contributed by atoms with Gasteiger partial charge in [-0.25, -0.2) is 8.42 Å². The number of fused-ring (bicyclic) bond motifs is 1. The molecule has 15 heteroatoms. The summed E-state index contributed by atoms with van der Waals surface area (Å²) in [5, 5.41) is 0. The lowest BCUT2D eigenvalue weighted by molar-refractivity contribution is -0.143. The Balaban J connectivity index is 1.58. The molecule has 1 amide bonds. The smallest absolute Gasteiger partial charge is 0.416 e. The number of amides is 1. The first-order valence-electron chi connectivity index (χ1n) is 14.0. The van der Waals surface area contributed by atoms with Gasteiger partial charge in [0.1, 0.15) is 11.4 Å². The van der Waals surface area contributed by atoms with Crippen molar-refractivity contribution in [2.45, 2.75) is 32.2 Å². The number of nitrogens with zero attached hydrogens (tertiary/aromatic N) is 4. The van der Waals surface area contributed by atoms with Gasteiger partial charge in [-0.15, -0.1) is 0 Å². The summed E-state index contributed by atoms with van der Waals surface area (Å²) >= 11 is 0. The van der Waals surface area contributed by atoms with Gasteiger partial charge < -0.3 is 14.5 Å². The zero-order chi connectivity index (χ0) is 32.7. The molecule has 1 aromatic heterocycles. The number of piperazine rings is 1. The third-order valence-electron chi connectivity index (χ3n) is 7.77. The van der Waals surface area contributed by atoms with Crippen LogP contribution in [0.15, 0.2) is 48.5 Å². The number of ether oxygens (including phenoxy) is 1. The van der Waals surface area contributed by atoms with Gasteiger partial charge in [0.2, 0.25) is 15.9 Å². The van der Waals surface area contributed by atoms with Crippen LogP contribution in [0.2, 0.25) is 0 Å². The molecule has 3 heterocycles. The molecular formula is C30H30F6N4O4S. The lowest BCUT2D eigenvalue weighted by Crippen LogP contribution is -2.48. The monoisotopic (exact) mass is 656 g/mol. The van der Waals surface area contributed by atoms with Crippen molar-refractivity contribution in [1.29, 1.82) is 0 Å². The van der Waals surface area contributed by atoms with Crippen molar-refractivity contribution in [3.8, 4) is 17.0 Å². The molecule has 0 aliphatic carbocycles. The van der Waals surface area contributed by atoms with Gasteiger partial charge in [0, 0.05) is 44.8 Å². The van der Waals surface area contributed by atoms with Crippen LogP contribution in [0.25, 0.3) is 11.1 Å². The minimum atomic E-state index is -5.03. The largest absolute Gasteiger partial charge is 0.477 e. The molecule has 0 radical (unpaired) electrons. The van der Waals surface area contributed by atoms with Gasteiger partial charge in [0.25, 0.3) is 5.91 Å². The first-order chi connectivity index (χ1) is 21.0. The summed E-state index contributed by atoms with van der Waals surface area (Å²) in [4.78, 5) is 21.9. The van der Waals surface area contributed by atoms with E-state index in [1.54, 1.807) is 18.2 Å². The van der Waals surface area contributed by atoms with E-state index in [1.807, 2.05) is 24.0 Å². The van der Waals surface area contributed by atoms with Crippen molar-refractivity contribution in [3.05, 3.63) is 76.3 Å². The summed E-state index contributed by atoms with van der Waals surface area (Å²) in [6.45, 7) is 2.51. The average molecular weight is 657 g/mol. The Kier molecular flexibility index (Phi) is 8.79. The summed E-state index contributed by atoms with van der Waals surface area (Å²) in [5.41, 5.74) is -1.33. The number of aryl methyl sites for hydroxylation is 1. The average Bonchev–Trinajstić information content (AvgIpc) is 2.96. The van der Waals surface area contributed by atoms with E-state index in [0.29, 0.717) is 42.2 Å². The third-order valence-corrected chi connectivity index (χ3v) is 9.08. The highest BCUT2D eigenvalue weighted by Crippen LogP contribution is 2.39. The zero-order valence-electron chi connectivity index (χ0n) is 24.4. The lowest BCUT2D eigenvalue weighted by atomic mass is 9.95. The zero-order valence-corrected chi connectivity index (χ0v) is 25.2. The summed E-state index contributed by atoms with van der Waals surface area (Å²) in [5.74, 6) is -0.242. The maximum absolute atomic E-state index is 14.2. The summed E-state index contributed by atoms with van der Waals surface area (Å²) in [7, 11) is -3.39. The van der Waals surface area contributed by atoms with Crippen molar-refractivity contribution in [2.24, 2.45) is 0 Å². The van der Waals surface area contributed by atoms with E-state index in [-0.39, 0.29) is 55.7 Å². The predicted octanol–water partition coefficient (Wildman–Crippen LogP) is 5.60. The Bertz CT molecular complexity index is 1670. The number of hydrogen-bond donors (Lipinski definition) is 0. The SMILES string of the molecule is Cc1ccccc1-c1cc(N2CCN(S(C)(=O)=O)CC2)nc2c1C(=O)N(Cc1cc(C(F)(F)F)cc(C(F)(F)F)c1)CCCO2. The van der Waals surface area contributed by atoms with E-state index >= 15 is 0 Å². The highest BCUT2D eigenvalue weighted by Gasteiger charge is 2.38.